The van der Waals surface area contributed by atoms with Crippen LogP contribution in [0.2, 0.25) is 0 Å². The Balaban J connectivity index is 3.17. The number of amides is 1. The van der Waals surface area contributed by atoms with Crippen molar-refractivity contribution < 1.29 is 9.53 Å². The van der Waals surface area contributed by atoms with Crippen molar-refractivity contribution in [2.24, 2.45) is 5.92 Å². The van der Waals surface area contributed by atoms with Gasteiger partial charge in [-0.25, -0.2) is 0 Å². The minimum Gasteiger partial charge on any atom is -0.380 e. The fourth-order valence-electron chi connectivity index (χ4n) is 1.09. The quantitative estimate of drug-likeness (QED) is 0.551. The SMILES string of the molecule is CC(C)CCOCCNCC(=O)NCCC#N. The predicted molar refractivity (Wildman–Crippen MR) is 66.4 cm³/mol. The first-order valence-electron chi connectivity index (χ1n) is 6.09. The molecule has 0 aromatic rings. The van der Waals surface area contributed by atoms with E-state index in [2.05, 4.69) is 24.5 Å². The van der Waals surface area contributed by atoms with Crippen molar-refractivity contribution in [2.45, 2.75) is 26.7 Å². The molecular formula is C12H23N3O2. The molecule has 5 nitrogen and oxygen atoms in total. The molecule has 0 unspecified atom stereocenters. The Hall–Kier alpha value is -1.12. The van der Waals surface area contributed by atoms with Crippen molar-refractivity contribution in [1.82, 2.24) is 10.6 Å². The van der Waals surface area contributed by atoms with Crippen LogP contribution >= 0.6 is 0 Å². The summed E-state index contributed by atoms with van der Waals surface area (Å²) < 4.78 is 5.39. The maximum Gasteiger partial charge on any atom is 0.233 e. The lowest BCUT2D eigenvalue weighted by atomic mass is 10.1. The third kappa shape index (κ3) is 12.8. The molecule has 0 radical (unpaired) electrons. The normalized spacial score (nSPS) is 10.2. The van der Waals surface area contributed by atoms with Crippen molar-refractivity contribution in [2.75, 3.05) is 32.8 Å². The van der Waals surface area contributed by atoms with Gasteiger partial charge in [-0.3, -0.25) is 4.79 Å². The fourth-order valence-corrected chi connectivity index (χ4v) is 1.09. The van der Waals surface area contributed by atoms with Gasteiger partial charge in [-0.15, -0.1) is 0 Å². The Morgan fingerprint density at radius 2 is 2.12 bits per heavy atom. The molecule has 0 aliphatic heterocycles. The second-order valence-corrected chi connectivity index (χ2v) is 4.23. The molecule has 0 saturated heterocycles. The maximum atomic E-state index is 11.2. The highest BCUT2D eigenvalue weighted by Gasteiger charge is 1.99. The molecule has 0 bridgehead atoms. The zero-order valence-corrected chi connectivity index (χ0v) is 10.8. The fraction of sp³-hybridized carbons (Fsp3) is 0.833. The highest BCUT2D eigenvalue weighted by atomic mass is 16.5. The number of ether oxygens (including phenoxy) is 1. The van der Waals surface area contributed by atoms with Crippen molar-refractivity contribution in [3.05, 3.63) is 0 Å². The van der Waals surface area contributed by atoms with E-state index in [0.717, 1.165) is 13.0 Å². The van der Waals surface area contributed by atoms with E-state index in [-0.39, 0.29) is 12.5 Å². The van der Waals surface area contributed by atoms with Crippen LogP contribution < -0.4 is 10.6 Å². The van der Waals surface area contributed by atoms with Gasteiger partial charge in [0.05, 0.1) is 25.6 Å². The van der Waals surface area contributed by atoms with E-state index < -0.39 is 0 Å². The molecular weight excluding hydrogens is 218 g/mol. The van der Waals surface area contributed by atoms with Crippen LogP contribution in [0.3, 0.4) is 0 Å². The molecule has 5 heteroatoms. The maximum absolute atomic E-state index is 11.2. The minimum atomic E-state index is -0.0811. The molecule has 1 amide bonds. The van der Waals surface area contributed by atoms with E-state index in [1.807, 2.05) is 6.07 Å². The van der Waals surface area contributed by atoms with Crippen molar-refractivity contribution in [3.8, 4) is 6.07 Å². The molecule has 0 aliphatic rings. The highest BCUT2D eigenvalue weighted by molar-refractivity contribution is 5.77. The lowest BCUT2D eigenvalue weighted by Gasteiger charge is -2.07. The molecule has 0 aromatic heterocycles. The molecule has 98 valence electrons. The molecule has 17 heavy (non-hydrogen) atoms. The summed E-state index contributed by atoms with van der Waals surface area (Å²) >= 11 is 0. The van der Waals surface area contributed by atoms with Crippen LogP contribution in [0.1, 0.15) is 26.7 Å². The number of rotatable bonds is 10. The van der Waals surface area contributed by atoms with E-state index >= 15 is 0 Å². The Morgan fingerprint density at radius 1 is 1.35 bits per heavy atom. The smallest absolute Gasteiger partial charge is 0.233 e. The second-order valence-electron chi connectivity index (χ2n) is 4.23. The van der Waals surface area contributed by atoms with Crippen LogP contribution in [0.4, 0.5) is 0 Å². The van der Waals surface area contributed by atoms with Crippen molar-refractivity contribution >= 4 is 5.91 Å². The van der Waals surface area contributed by atoms with Gasteiger partial charge >= 0.3 is 0 Å². The van der Waals surface area contributed by atoms with Gasteiger partial charge in [0, 0.05) is 19.7 Å². The molecule has 0 aromatic carbocycles. The first-order valence-corrected chi connectivity index (χ1v) is 6.09. The summed E-state index contributed by atoms with van der Waals surface area (Å²) in [6.45, 7) is 7.08. The lowest BCUT2D eigenvalue weighted by molar-refractivity contribution is -0.120. The third-order valence-corrected chi connectivity index (χ3v) is 2.11. The van der Waals surface area contributed by atoms with Gasteiger partial charge in [0.25, 0.3) is 0 Å². The Kier molecular flexibility index (Phi) is 10.6. The molecule has 0 saturated carbocycles. The Morgan fingerprint density at radius 3 is 2.76 bits per heavy atom. The monoisotopic (exact) mass is 241 g/mol. The van der Waals surface area contributed by atoms with Crippen LogP contribution in [0, 0.1) is 17.2 Å². The van der Waals surface area contributed by atoms with Crippen molar-refractivity contribution in [3.63, 3.8) is 0 Å². The zero-order chi connectivity index (χ0) is 12.9. The largest absolute Gasteiger partial charge is 0.380 e. The summed E-state index contributed by atoms with van der Waals surface area (Å²) in [5.41, 5.74) is 0. The summed E-state index contributed by atoms with van der Waals surface area (Å²) in [5, 5.41) is 13.9. The Labute approximate surface area is 104 Å². The first kappa shape index (κ1) is 15.9. The van der Waals surface area contributed by atoms with Gasteiger partial charge < -0.3 is 15.4 Å². The molecule has 0 spiro atoms. The first-order chi connectivity index (χ1) is 8.16. The topological polar surface area (TPSA) is 74.2 Å². The zero-order valence-electron chi connectivity index (χ0n) is 10.8. The molecule has 0 fully saturated rings. The van der Waals surface area contributed by atoms with Gasteiger partial charge in [-0.2, -0.15) is 5.26 Å². The van der Waals surface area contributed by atoms with Crippen LogP contribution in [0.5, 0.6) is 0 Å². The van der Waals surface area contributed by atoms with E-state index in [9.17, 15) is 4.79 Å². The van der Waals surface area contributed by atoms with Gasteiger partial charge in [0.15, 0.2) is 0 Å². The number of nitrogens with zero attached hydrogens (tertiary/aromatic N) is 1. The average Bonchev–Trinajstić information content (AvgIpc) is 2.28. The summed E-state index contributed by atoms with van der Waals surface area (Å²) in [6.07, 6.45) is 1.42. The summed E-state index contributed by atoms with van der Waals surface area (Å²) in [4.78, 5) is 11.2. The molecule has 0 atom stereocenters. The minimum absolute atomic E-state index is 0.0811. The molecule has 0 heterocycles. The highest BCUT2D eigenvalue weighted by Crippen LogP contribution is 1.97. The summed E-state index contributed by atoms with van der Waals surface area (Å²) in [5.74, 6) is 0.580. The lowest BCUT2D eigenvalue weighted by Crippen LogP contribution is -2.35. The Bertz CT molecular complexity index is 236. The summed E-state index contributed by atoms with van der Waals surface area (Å²) in [7, 11) is 0. The number of hydrogen-bond donors (Lipinski definition) is 2. The van der Waals surface area contributed by atoms with Gasteiger partial charge in [-0.1, -0.05) is 13.8 Å². The number of hydrogen-bond acceptors (Lipinski definition) is 4. The van der Waals surface area contributed by atoms with E-state index in [1.54, 1.807) is 0 Å². The van der Waals surface area contributed by atoms with Crippen molar-refractivity contribution in [1.29, 1.82) is 5.26 Å². The van der Waals surface area contributed by atoms with E-state index in [0.29, 0.717) is 32.0 Å². The van der Waals surface area contributed by atoms with Gasteiger partial charge in [0.1, 0.15) is 0 Å². The number of nitrogens with one attached hydrogen (secondary N) is 2. The number of carbonyl (C=O) groups excluding carboxylic acids is 1. The van der Waals surface area contributed by atoms with Crippen LogP contribution in [-0.4, -0.2) is 38.8 Å². The predicted octanol–water partition coefficient (Wildman–Crippen LogP) is 0.669. The van der Waals surface area contributed by atoms with Crippen LogP contribution in [0.25, 0.3) is 0 Å². The number of carbonyl (C=O) groups is 1. The second kappa shape index (κ2) is 11.4. The van der Waals surface area contributed by atoms with Crippen LogP contribution in [-0.2, 0) is 9.53 Å². The molecule has 2 N–H and O–H groups in total. The summed E-state index contributed by atoms with van der Waals surface area (Å²) in [6, 6.07) is 1.97. The average molecular weight is 241 g/mol. The van der Waals surface area contributed by atoms with Gasteiger partial charge in [0.2, 0.25) is 5.91 Å². The number of nitriles is 1. The molecule has 0 rings (SSSR count). The van der Waals surface area contributed by atoms with E-state index in [4.69, 9.17) is 10.00 Å². The molecule has 0 aliphatic carbocycles. The standard InChI is InChI=1S/C12H23N3O2/c1-11(2)4-8-17-9-7-14-10-12(16)15-6-3-5-13/h11,14H,3-4,6-10H2,1-2H3,(H,15,16). The van der Waals surface area contributed by atoms with E-state index in [1.165, 1.54) is 0 Å². The van der Waals surface area contributed by atoms with Gasteiger partial charge in [-0.05, 0) is 12.3 Å². The van der Waals surface area contributed by atoms with Crippen LogP contribution in [0.15, 0.2) is 0 Å². The third-order valence-electron chi connectivity index (χ3n) is 2.11.